The minimum atomic E-state index is -3.10. The van der Waals surface area contributed by atoms with E-state index in [9.17, 15) is 17.6 Å². The Morgan fingerprint density at radius 1 is 1.20 bits per heavy atom. The lowest BCUT2D eigenvalue weighted by Gasteiger charge is -2.08. The summed E-state index contributed by atoms with van der Waals surface area (Å²) in [6.45, 7) is 0.0312. The third-order valence-electron chi connectivity index (χ3n) is 3.14. The number of amides is 1. The molecule has 1 N–H and O–H groups in total. The monoisotopic (exact) mass is 363 g/mol. The summed E-state index contributed by atoms with van der Waals surface area (Å²) in [5.74, 6) is -0.474. The van der Waals surface area contributed by atoms with Crippen LogP contribution in [-0.2, 0) is 14.6 Å². The number of nitrogens with one attached hydrogen (secondary N) is 1. The third kappa shape index (κ3) is 6.76. The molecule has 0 bridgehead atoms. The van der Waals surface area contributed by atoms with Gasteiger partial charge in [-0.15, -0.1) is 0 Å². The molecule has 0 saturated carbocycles. The van der Waals surface area contributed by atoms with Gasteiger partial charge in [0.25, 0.3) is 0 Å². The Morgan fingerprint density at radius 2 is 1.96 bits per heavy atom. The Labute approximate surface area is 146 Å². The van der Waals surface area contributed by atoms with E-state index >= 15 is 0 Å². The molecule has 2 aromatic carbocycles. The smallest absolute Gasteiger partial charge is 0.248 e. The van der Waals surface area contributed by atoms with Gasteiger partial charge in [-0.2, -0.15) is 0 Å². The summed E-state index contributed by atoms with van der Waals surface area (Å²) < 4.78 is 41.0. The van der Waals surface area contributed by atoms with Crippen LogP contribution < -0.4 is 10.1 Å². The van der Waals surface area contributed by atoms with Crippen molar-refractivity contribution in [1.82, 2.24) is 0 Å². The second-order valence-electron chi connectivity index (χ2n) is 5.35. The zero-order valence-electron chi connectivity index (χ0n) is 13.6. The number of ether oxygens (including phenoxy) is 1. The van der Waals surface area contributed by atoms with Crippen LogP contribution in [0, 0.1) is 5.82 Å². The average molecular weight is 363 g/mol. The Kier molecular flexibility index (Phi) is 6.30. The van der Waals surface area contributed by atoms with E-state index in [0.29, 0.717) is 17.0 Å². The van der Waals surface area contributed by atoms with E-state index in [1.807, 2.05) is 0 Å². The standard InChI is InChI=1S/C18H18FNO4S/c1-25(22,23)12-11-24-16-7-4-6-15(13-16)20-18(21)10-9-14-5-2-3-8-17(14)19/h2-10,13H,11-12H2,1H3,(H,20,21)/b10-9+. The largest absolute Gasteiger partial charge is 0.492 e. The van der Waals surface area contributed by atoms with Gasteiger partial charge < -0.3 is 10.1 Å². The lowest BCUT2D eigenvalue weighted by molar-refractivity contribution is -0.111. The van der Waals surface area contributed by atoms with E-state index in [4.69, 9.17) is 4.74 Å². The first-order valence-electron chi connectivity index (χ1n) is 7.48. The molecule has 0 aliphatic heterocycles. The van der Waals surface area contributed by atoms with Crippen LogP contribution in [-0.4, -0.2) is 32.9 Å². The molecule has 0 unspecified atom stereocenters. The molecule has 0 aliphatic rings. The fourth-order valence-corrected chi connectivity index (χ4v) is 2.32. The molecule has 0 radical (unpaired) electrons. The van der Waals surface area contributed by atoms with Crippen LogP contribution in [0.25, 0.3) is 6.08 Å². The molecule has 0 saturated heterocycles. The van der Waals surface area contributed by atoms with Gasteiger partial charge in [0, 0.05) is 29.6 Å². The van der Waals surface area contributed by atoms with Gasteiger partial charge in [0.2, 0.25) is 5.91 Å². The topological polar surface area (TPSA) is 72.5 Å². The number of sulfone groups is 1. The summed E-state index contributed by atoms with van der Waals surface area (Å²) in [4.78, 5) is 11.9. The van der Waals surface area contributed by atoms with E-state index in [1.165, 1.54) is 18.2 Å². The molecule has 132 valence electrons. The van der Waals surface area contributed by atoms with Crippen molar-refractivity contribution in [2.24, 2.45) is 0 Å². The van der Waals surface area contributed by atoms with Crippen LogP contribution in [0.15, 0.2) is 54.6 Å². The van der Waals surface area contributed by atoms with Gasteiger partial charge in [0.1, 0.15) is 18.2 Å². The van der Waals surface area contributed by atoms with Gasteiger partial charge in [-0.25, -0.2) is 12.8 Å². The second kappa shape index (κ2) is 8.43. The Hall–Kier alpha value is -2.67. The maximum Gasteiger partial charge on any atom is 0.248 e. The first-order chi connectivity index (χ1) is 11.8. The maximum atomic E-state index is 13.5. The minimum absolute atomic E-state index is 0.0312. The maximum absolute atomic E-state index is 13.5. The summed E-state index contributed by atoms with van der Waals surface area (Å²) in [6, 6.07) is 12.7. The molecular weight excluding hydrogens is 345 g/mol. The molecule has 0 aliphatic carbocycles. The summed E-state index contributed by atoms with van der Waals surface area (Å²) in [5, 5.41) is 2.63. The number of carbonyl (C=O) groups excluding carboxylic acids is 1. The van der Waals surface area contributed by atoms with Gasteiger partial charge in [-0.3, -0.25) is 4.79 Å². The summed E-state index contributed by atoms with van der Waals surface area (Å²) in [5.41, 5.74) is 0.801. The van der Waals surface area contributed by atoms with Crippen molar-refractivity contribution in [3.05, 3.63) is 66.0 Å². The highest BCUT2D eigenvalue weighted by atomic mass is 32.2. The van der Waals surface area contributed by atoms with E-state index in [0.717, 1.165) is 6.26 Å². The predicted molar refractivity (Wildman–Crippen MR) is 95.7 cm³/mol. The van der Waals surface area contributed by atoms with Crippen molar-refractivity contribution >= 4 is 27.5 Å². The minimum Gasteiger partial charge on any atom is -0.492 e. The van der Waals surface area contributed by atoms with Gasteiger partial charge in [0.05, 0.1) is 5.75 Å². The Bertz CT molecular complexity index is 878. The third-order valence-corrected chi connectivity index (χ3v) is 4.05. The molecule has 0 aromatic heterocycles. The molecule has 0 spiro atoms. The summed E-state index contributed by atoms with van der Waals surface area (Å²) >= 11 is 0. The fraction of sp³-hybridized carbons (Fsp3) is 0.167. The van der Waals surface area contributed by atoms with Crippen molar-refractivity contribution < 1.29 is 22.3 Å². The second-order valence-corrected chi connectivity index (χ2v) is 7.61. The highest BCUT2D eigenvalue weighted by Crippen LogP contribution is 2.17. The van der Waals surface area contributed by atoms with E-state index in [1.54, 1.807) is 42.5 Å². The lowest BCUT2D eigenvalue weighted by Crippen LogP contribution is -2.12. The molecule has 2 rings (SSSR count). The highest BCUT2D eigenvalue weighted by Gasteiger charge is 2.04. The number of carbonyl (C=O) groups is 1. The molecule has 7 heteroatoms. The molecule has 0 fully saturated rings. The summed E-state index contributed by atoms with van der Waals surface area (Å²) in [7, 11) is -3.10. The average Bonchev–Trinajstić information content (AvgIpc) is 2.53. The van der Waals surface area contributed by atoms with Crippen molar-refractivity contribution in [3.8, 4) is 5.75 Å². The fourth-order valence-electron chi connectivity index (χ4n) is 1.93. The Balaban J connectivity index is 1.94. The summed E-state index contributed by atoms with van der Waals surface area (Å²) in [6.07, 6.45) is 3.75. The van der Waals surface area contributed by atoms with Crippen LogP contribution in [0.2, 0.25) is 0 Å². The van der Waals surface area contributed by atoms with Gasteiger partial charge in [-0.1, -0.05) is 24.3 Å². The van der Waals surface area contributed by atoms with Crippen molar-refractivity contribution in [2.75, 3.05) is 23.9 Å². The highest BCUT2D eigenvalue weighted by molar-refractivity contribution is 7.90. The predicted octanol–water partition coefficient (Wildman–Crippen LogP) is 2.90. The van der Waals surface area contributed by atoms with Crippen molar-refractivity contribution in [2.45, 2.75) is 0 Å². The van der Waals surface area contributed by atoms with Crippen LogP contribution in [0.5, 0.6) is 5.75 Å². The number of halogens is 1. The normalized spacial score (nSPS) is 11.4. The number of hydrogen-bond donors (Lipinski definition) is 1. The van der Waals surface area contributed by atoms with Crippen molar-refractivity contribution in [3.63, 3.8) is 0 Å². The molecule has 25 heavy (non-hydrogen) atoms. The quantitative estimate of drug-likeness (QED) is 0.768. The number of anilines is 1. The van der Waals surface area contributed by atoms with E-state index in [2.05, 4.69) is 5.32 Å². The zero-order chi connectivity index (χ0) is 18.3. The Morgan fingerprint density at radius 3 is 2.68 bits per heavy atom. The van der Waals surface area contributed by atoms with Crippen molar-refractivity contribution in [1.29, 1.82) is 0 Å². The first kappa shape index (κ1) is 18.7. The molecule has 2 aromatic rings. The molecule has 1 amide bonds. The van der Waals surface area contributed by atoms with Crippen LogP contribution >= 0.6 is 0 Å². The number of benzene rings is 2. The van der Waals surface area contributed by atoms with Crippen LogP contribution in [0.3, 0.4) is 0 Å². The van der Waals surface area contributed by atoms with Crippen LogP contribution in [0.1, 0.15) is 5.56 Å². The van der Waals surface area contributed by atoms with E-state index in [-0.39, 0.29) is 12.4 Å². The van der Waals surface area contributed by atoms with E-state index < -0.39 is 21.6 Å². The lowest BCUT2D eigenvalue weighted by atomic mass is 10.2. The zero-order valence-corrected chi connectivity index (χ0v) is 14.4. The molecule has 0 heterocycles. The number of rotatable bonds is 7. The molecule has 5 nitrogen and oxygen atoms in total. The van der Waals surface area contributed by atoms with Gasteiger partial charge in [0.15, 0.2) is 9.84 Å². The first-order valence-corrected chi connectivity index (χ1v) is 9.54. The molecular formula is C18H18FNO4S. The van der Waals surface area contributed by atoms with Crippen LogP contribution in [0.4, 0.5) is 10.1 Å². The van der Waals surface area contributed by atoms with Gasteiger partial charge >= 0.3 is 0 Å². The molecule has 0 atom stereocenters. The number of hydrogen-bond acceptors (Lipinski definition) is 4. The SMILES string of the molecule is CS(=O)(=O)CCOc1cccc(NC(=O)/C=C/c2ccccc2F)c1. The van der Waals surface area contributed by atoms with Gasteiger partial charge in [-0.05, 0) is 24.3 Å².